The molecule has 0 aliphatic rings. The molecular weight excluding hydrogens is 246 g/mol. The summed E-state index contributed by atoms with van der Waals surface area (Å²) in [6, 6.07) is 0. The van der Waals surface area contributed by atoms with Gasteiger partial charge in [-0.1, -0.05) is 0 Å². The Balaban J connectivity index is 2.24. The number of aryl methyl sites for hydroxylation is 1. The van der Waals surface area contributed by atoms with Crippen LogP contribution < -0.4 is 16.6 Å². The second-order valence-corrected chi connectivity index (χ2v) is 4.12. The number of H-pyrrole nitrogens is 1. The molecule has 2 heterocycles. The van der Waals surface area contributed by atoms with E-state index < -0.39 is 5.69 Å². The van der Waals surface area contributed by atoms with Crippen LogP contribution in [0.25, 0.3) is 0 Å². The third-order valence-corrected chi connectivity index (χ3v) is 2.58. The van der Waals surface area contributed by atoms with E-state index in [4.69, 9.17) is 0 Å². The molecule has 0 bridgehead atoms. The predicted molar refractivity (Wildman–Crippen MR) is 71.4 cm³/mol. The van der Waals surface area contributed by atoms with Gasteiger partial charge in [0.2, 0.25) is 0 Å². The molecule has 7 heteroatoms. The summed E-state index contributed by atoms with van der Waals surface area (Å²) in [5.74, 6) is 0.691. The van der Waals surface area contributed by atoms with Crippen LogP contribution in [0, 0.1) is 6.92 Å². The number of aromatic nitrogens is 4. The van der Waals surface area contributed by atoms with Crippen LogP contribution in [0.2, 0.25) is 0 Å². The molecule has 0 saturated heterocycles. The molecule has 2 aromatic rings. The number of nitrogens with zero attached hydrogens (tertiary/aromatic N) is 3. The quantitative estimate of drug-likeness (QED) is 0.815. The van der Waals surface area contributed by atoms with Crippen LogP contribution in [0.1, 0.15) is 18.2 Å². The minimum absolute atomic E-state index is 0.274. The standard InChI is InChI=1S/C12H15N5O2/c1-3-13-10-5-14-9(4-15-10)7-17-6-8(2)11(18)16-12(17)19/h4-6H,3,7H2,1-2H3,(H,13,15)(H,16,18,19). The van der Waals surface area contributed by atoms with Crippen molar-refractivity contribution in [1.82, 2.24) is 19.5 Å². The van der Waals surface area contributed by atoms with Gasteiger partial charge in [0.15, 0.2) is 0 Å². The summed E-state index contributed by atoms with van der Waals surface area (Å²) >= 11 is 0. The Hall–Kier alpha value is -2.44. The first-order valence-corrected chi connectivity index (χ1v) is 5.95. The predicted octanol–water partition coefficient (Wildman–Crippen LogP) is 0.115. The van der Waals surface area contributed by atoms with Crippen LogP contribution >= 0.6 is 0 Å². The van der Waals surface area contributed by atoms with E-state index in [1.807, 2.05) is 6.92 Å². The maximum Gasteiger partial charge on any atom is 0.328 e. The van der Waals surface area contributed by atoms with E-state index in [2.05, 4.69) is 20.3 Å². The molecule has 2 rings (SSSR count). The molecule has 0 aromatic carbocycles. The highest BCUT2D eigenvalue weighted by atomic mass is 16.2. The Morgan fingerprint density at radius 1 is 1.32 bits per heavy atom. The lowest BCUT2D eigenvalue weighted by molar-refractivity contribution is 0.696. The van der Waals surface area contributed by atoms with Gasteiger partial charge in [0.05, 0.1) is 24.6 Å². The smallest absolute Gasteiger partial charge is 0.328 e. The van der Waals surface area contributed by atoms with E-state index in [1.165, 1.54) is 10.8 Å². The number of anilines is 1. The van der Waals surface area contributed by atoms with Crippen molar-refractivity contribution in [2.24, 2.45) is 0 Å². The molecule has 0 aliphatic heterocycles. The molecule has 100 valence electrons. The number of aromatic amines is 1. The molecule has 0 amide bonds. The second-order valence-electron chi connectivity index (χ2n) is 4.12. The molecule has 0 radical (unpaired) electrons. The molecule has 0 unspecified atom stereocenters. The maximum atomic E-state index is 11.6. The van der Waals surface area contributed by atoms with Gasteiger partial charge in [-0.3, -0.25) is 19.3 Å². The van der Waals surface area contributed by atoms with Crippen molar-refractivity contribution in [3.05, 3.63) is 50.7 Å². The largest absolute Gasteiger partial charge is 0.369 e. The Bertz CT molecular complexity index is 672. The van der Waals surface area contributed by atoms with Crippen molar-refractivity contribution in [2.75, 3.05) is 11.9 Å². The van der Waals surface area contributed by atoms with Crippen LogP contribution in [-0.2, 0) is 6.54 Å². The molecular formula is C12H15N5O2. The average Bonchev–Trinajstić information content (AvgIpc) is 2.38. The van der Waals surface area contributed by atoms with E-state index in [9.17, 15) is 9.59 Å². The topological polar surface area (TPSA) is 92.7 Å². The van der Waals surface area contributed by atoms with Gasteiger partial charge in [-0.25, -0.2) is 9.78 Å². The minimum atomic E-state index is -0.451. The number of rotatable bonds is 4. The minimum Gasteiger partial charge on any atom is -0.369 e. The third kappa shape index (κ3) is 3.06. The Morgan fingerprint density at radius 2 is 2.11 bits per heavy atom. The van der Waals surface area contributed by atoms with Crippen LogP contribution in [0.5, 0.6) is 0 Å². The summed E-state index contributed by atoms with van der Waals surface area (Å²) in [6.07, 6.45) is 4.73. The third-order valence-electron chi connectivity index (χ3n) is 2.58. The van der Waals surface area contributed by atoms with Crippen molar-refractivity contribution >= 4 is 5.82 Å². The van der Waals surface area contributed by atoms with Crippen LogP contribution in [-0.4, -0.2) is 26.1 Å². The summed E-state index contributed by atoms with van der Waals surface area (Å²) < 4.78 is 1.40. The van der Waals surface area contributed by atoms with Gasteiger partial charge in [-0.15, -0.1) is 0 Å². The fraction of sp³-hybridized carbons (Fsp3) is 0.333. The van der Waals surface area contributed by atoms with E-state index >= 15 is 0 Å². The summed E-state index contributed by atoms with van der Waals surface area (Å²) in [5, 5.41) is 3.04. The van der Waals surface area contributed by atoms with Crippen LogP contribution in [0.4, 0.5) is 5.82 Å². The zero-order valence-corrected chi connectivity index (χ0v) is 10.8. The van der Waals surface area contributed by atoms with Gasteiger partial charge < -0.3 is 5.32 Å². The summed E-state index contributed by atoms with van der Waals surface area (Å²) in [7, 11) is 0. The Labute approximate surface area is 109 Å². The molecule has 19 heavy (non-hydrogen) atoms. The highest BCUT2D eigenvalue weighted by Gasteiger charge is 2.03. The highest BCUT2D eigenvalue weighted by Crippen LogP contribution is 2.01. The van der Waals surface area contributed by atoms with Gasteiger partial charge in [-0.05, 0) is 13.8 Å². The summed E-state index contributed by atoms with van der Waals surface area (Å²) in [6.45, 7) is 4.66. The lowest BCUT2D eigenvalue weighted by Gasteiger charge is -2.06. The van der Waals surface area contributed by atoms with Crippen molar-refractivity contribution in [3.8, 4) is 0 Å². The van der Waals surface area contributed by atoms with Gasteiger partial charge in [0, 0.05) is 18.3 Å². The zero-order chi connectivity index (χ0) is 13.8. The van der Waals surface area contributed by atoms with Crippen molar-refractivity contribution in [1.29, 1.82) is 0 Å². The number of hydrogen-bond donors (Lipinski definition) is 2. The van der Waals surface area contributed by atoms with Crippen LogP contribution in [0.15, 0.2) is 28.2 Å². The first kappa shape index (κ1) is 13.0. The molecule has 7 nitrogen and oxygen atoms in total. The van der Waals surface area contributed by atoms with Gasteiger partial charge in [0.1, 0.15) is 5.82 Å². The SMILES string of the molecule is CCNc1cnc(Cn2cc(C)c(=O)[nH]c2=O)cn1. The Morgan fingerprint density at radius 3 is 2.74 bits per heavy atom. The fourth-order valence-corrected chi connectivity index (χ4v) is 1.62. The summed E-state index contributed by atoms with van der Waals surface area (Å²) in [4.78, 5) is 33.5. The van der Waals surface area contributed by atoms with Crippen molar-refractivity contribution < 1.29 is 0 Å². The lowest BCUT2D eigenvalue weighted by Crippen LogP contribution is -2.31. The molecule has 2 aromatic heterocycles. The molecule has 0 fully saturated rings. The number of nitrogens with one attached hydrogen (secondary N) is 2. The van der Waals surface area contributed by atoms with Crippen molar-refractivity contribution in [2.45, 2.75) is 20.4 Å². The average molecular weight is 261 g/mol. The zero-order valence-electron chi connectivity index (χ0n) is 10.8. The first-order chi connectivity index (χ1) is 9.10. The van der Waals surface area contributed by atoms with Gasteiger partial charge in [0.25, 0.3) is 5.56 Å². The maximum absolute atomic E-state index is 11.6. The second kappa shape index (κ2) is 5.47. The normalized spacial score (nSPS) is 10.4. The molecule has 0 saturated carbocycles. The molecule has 2 N–H and O–H groups in total. The molecule has 0 aliphatic carbocycles. The van der Waals surface area contributed by atoms with E-state index in [1.54, 1.807) is 19.3 Å². The van der Waals surface area contributed by atoms with Crippen LogP contribution in [0.3, 0.4) is 0 Å². The molecule has 0 atom stereocenters. The van der Waals surface area contributed by atoms with E-state index in [-0.39, 0.29) is 12.1 Å². The van der Waals surface area contributed by atoms with E-state index in [0.717, 1.165) is 6.54 Å². The highest BCUT2D eigenvalue weighted by molar-refractivity contribution is 5.30. The summed E-state index contributed by atoms with van der Waals surface area (Å²) in [5.41, 5.74) is 0.315. The van der Waals surface area contributed by atoms with Crippen molar-refractivity contribution in [3.63, 3.8) is 0 Å². The van der Waals surface area contributed by atoms with E-state index in [0.29, 0.717) is 17.1 Å². The monoisotopic (exact) mass is 261 g/mol. The molecule has 0 spiro atoms. The Kier molecular flexibility index (Phi) is 3.74. The number of hydrogen-bond acceptors (Lipinski definition) is 5. The first-order valence-electron chi connectivity index (χ1n) is 5.95. The van der Waals surface area contributed by atoms with Gasteiger partial charge >= 0.3 is 5.69 Å². The fourth-order valence-electron chi connectivity index (χ4n) is 1.62. The lowest BCUT2D eigenvalue weighted by atomic mass is 10.3. The van der Waals surface area contributed by atoms with Gasteiger partial charge in [-0.2, -0.15) is 0 Å².